The first kappa shape index (κ1) is 38.0. The van der Waals surface area contributed by atoms with Crippen LogP contribution in [0.4, 0.5) is 22.7 Å². The van der Waals surface area contributed by atoms with Crippen molar-refractivity contribution in [2.24, 2.45) is 0 Å². The fraction of sp³-hybridized carbons (Fsp3) is 0.204. The Kier molecular flexibility index (Phi) is 11.2. The quantitative estimate of drug-likeness (QED) is 0.138. The highest BCUT2D eigenvalue weighted by Crippen LogP contribution is 2.45. The molecule has 0 fully saturated rings. The van der Waals surface area contributed by atoms with Gasteiger partial charge in [-0.05, 0) is 91.1 Å². The molecule has 0 N–H and O–H groups in total. The molecular weight excluding hydrogens is 723 g/mol. The third-order valence-corrected chi connectivity index (χ3v) is 11.3. The van der Waals surface area contributed by atoms with Crippen LogP contribution in [0.2, 0.25) is 0 Å². The second-order valence-electron chi connectivity index (χ2n) is 14.7. The minimum absolute atomic E-state index is 0.0282. The zero-order valence-corrected chi connectivity index (χ0v) is 32.4. The Morgan fingerprint density at radius 1 is 0.586 bits per heavy atom. The van der Waals surface area contributed by atoms with Crippen LogP contribution in [0.5, 0.6) is 0 Å². The van der Waals surface area contributed by atoms with Gasteiger partial charge in [0, 0.05) is 66.1 Å². The lowest BCUT2D eigenvalue weighted by atomic mass is 9.87. The van der Waals surface area contributed by atoms with E-state index in [4.69, 9.17) is 0 Å². The number of anilines is 4. The Hall–Kier alpha value is -6.87. The van der Waals surface area contributed by atoms with Crippen LogP contribution in [0.1, 0.15) is 83.0 Å². The maximum absolute atomic E-state index is 14.8. The summed E-state index contributed by atoms with van der Waals surface area (Å²) < 4.78 is 0. The predicted molar refractivity (Wildman–Crippen MR) is 228 cm³/mol. The second-order valence-corrected chi connectivity index (χ2v) is 14.7. The van der Waals surface area contributed by atoms with E-state index >= 15 is 0 Å². The number of amides is 4. The highest BCUT2D eigenvalue weighted by molar-refractivity contribution is 6.08. The van der Waals surface area contributed by atoms with Crippen molar-refractivity contribution < 1.29 is 19.2 Å². The van der Waals surface area contributed by atoms with Gasteiger partial charge in [0.2, 0.25) is 11.8 Å². The minimum atomic E-state index is -0.382. The standard InChI is InChI=1S/C49H45N5O4/c1-2-37-33-45(41-25-13-15-27-43(41)54(37)49(58)36-19-16-31-50-34-36)53(39-22-10-5-11-23-39)47(56)29-28-46(55)52(38-20-8-4-9-21-38)44-30-32-51(42-26-14-12-24-40(42)44)48(57)35-17-6-3-7-18-35/h3-27,31,34,37,44-45H,2,28-30,32-33H2,1H3. The highest BCUT2D eigenvalue weighted by Gasteiger charge is 2.41. The van der Waals surface area contributed by atoms with Gasteiger partial charge in [0.15, 0.2) is 0 Å². The predicted octanol–water partition coefficient (Wildman–Crippen LogP) is 9.59. The van der Waals surface area contributed by atoms with Crippen molar-refractivity contribution in [1.29, 1.82) is 0 Å². The maximum Gasteiger partial charge on any atom is 0.260 e. The minimum Gasteiger partial charge on any atom is -0.308 e. The van der Waals surface area contributed by atoms with Crippen molar-refractivity contribution >= 4 is 46.4 Å². The van der Waals surface area contributed by atoms with Gasteiger partial charge in [0.1, 0.15) is 0 Å². The molecule has 2 aliphatic rings. The van der Waals surface area contributed by atoms with Gasteiger partial charge in [-0.15, -0.1) is 0 Å². The van der Waals surface area contributed by atoms with Crippen molar-refractivity contribution in [3.8, 4) is 0 Å². The van der Waals surface area contributed by atoms with E-state index in [-0.39, 0.29) is 54.6 Å². The van der Waals surface area contributed by atoms with Gasteiger partial charge in [-0.3, -0.25) is 24.2 Å². The summed E-state index contributed by atoms with van der Waals surface area (Å²) in [6.45, 7) is 2.48. The lowest BCUT2D eigenvalue weighted by Crippen LogP contribution is -2.49. The summed E-state index contributed by atoms with van der Waals surface area (Å²) in [5, 5.41) is 0. The summed E-state index contributed by atoms with van der Waals surface area (Å²) >= 11 is 0. The largest absolute Gasteiger partial charge is 0.308 e. The first-order valence-corrected chi connectivity index (χ1v) is 20.0. The van der Waals surface area contributed by atoms with Crippen LogP contribution in [0.15, 0.2) is 164 Å². The number of carbonyl (C=O) groups excluding carboxylic acids is 4. The molecule has 3 heterocycles. The summed E-state index contributed by atoms with van der Waals surface area (Å²) in [7, 11) is 0. The van der Waals surface area contributed by atoms with Crippen molar-refractivity contribution in [1.82, 2.24) is 4.98 Å². The summed E-state index contributed by atoms with van der Waals surface area (Å²) in [6, 6.07) is 46.6. The number of hydrogen-bond acceptors (Lipinski definition) is 5. The Bertz CT molecular complexity index is 2390. The number of benzene rings is 5. The van der Waals surface area contributed by atoms with E-state index in [1.807, 2.05) is 154 Å². The molecule has 9 nitrogen and oxygen atoms in total. The molecule has 1 aromatic heterocycles. The molecule has 8 rings (SSSR count). The Balaban J connectivity index is 1.10. The van der Waals surface area contributed by atoms with Crippen LogP contribution in [0.25, 0.3) is 0 Å². The van der Waals surface area contributed by atoms with E-state index in [0.29, 0.717) is 36.9 Å². The van der Waals surface area contributed by atoms with E-state index in [1.165, 1.54) is 0 Å². The van der Waals surface area contributed by atoms with Crippen LogP contribution in [-0.2, 0) is 9.59 Å². The number of aromatic nitrogens is 1. The number of carbonyl (C=O) groups is 4. The lowest BCUT2D eigenvalue weighted by molar-refractivity contribution is -0.124. The average molecular weight is 768 g/mol. The molecule has 58 heavy (non-hydrogen) atoms. The number of para-hydroxylation sites is 4. The van der Waals surface area contributed by atoms with Crippen LogP contribution in [0.3, 0.4) is 0 Å². The van der Waals surface area contributed by atoms with Gasteiger partial charge in [0.05, 0.1) is 17.6 Å². The van der Waals surface area contributed by atoms with Gasteiger partial charge >= 0.3 is 0 Å². The molecule has 0 bridgehead atoms. The average Bonchev–Trinajstić information content (AvgIpc) is 3.29. The SMILES string of the molecule is CCC1CC(N(C(=O)CCC(=O)N(c2ccccc2)C2CCN(C(=O)c3ccccc3)c3ccccc32)c2ccccc2)c2ccccc2N1C(=O)c1cccnc1. The molecule has 0 saturated carbocycles. The monoisotopic (exact) mass is 767 g/mol. The van der Waals surface area contributed by atoms with Crippen LogP contribution in [0, 0.1) is 0 Å². The van der Waals surface area contributed by atoms with Crippen molar-refractivity contribution in [3.05, 3.63) is 186 Å². The molecule has 5 aromatic carbocycles. The number of nitrogens with zero attached hydrogens (tertiary/aromatic N) is 5. The fourth-order valence-corrected chi connectivity index (χ4v) is 8.56. The summed E-state index contributed by atoms with van der Waals surface area (Å²) in [5.41, 5.74) is 5.84. The molecule has 3 unspecified atom stereocenters. The summed E-state index contributed by atoms with van der Waals surface area (Å²) in [5.74, 6) is -0.585. The van der Waals surface area contributed by atoms with E-state index in [0.717, 1.165) is 33.9 Å². The lowest BCUT2D eigenvalue weighted by Gasteiger charge is -2.44. The topological polar surface area (TPSA) is 94.1 Å². The third kappa shape index (κ3) is 7.51. The summed E-state index contributed by atoms with van der Waals surface area (Å²) in [6.07, 6.45) is 4.89. The van der Waals surface area contributed by atoms with E-state index in [9.17, 15) is 19.2 Å². The molecule has 6 aromatic rings. The summed E-state index contributed by atoms with van der Waals surface area (Å²) in [4.78, 5) is 68.8. The fourth-order valence-electron chi connectivity index (χ4n) is 8.56. The van der Waals surface area contributed by atoms with Crippen molar-refractivity contribution in [3.63, 3.8) is 0 Å². The van der Waals surface area contributed by atoms with E-state index < -0.39 is 0 Å². The molecule has 290 valence electrons. The van der Waals surface area contributed by atoms with Gasteiger partial charge in [-0.1, -0.05) is 97.9 Å². The molecule has 0 saturated heterocycles. The second kappa shape index (κ2) is 17.1. The van der Waals surface area contributed by atoms with Gasteiger partial charge in [-0.25, -0.2) is 0 Å². The smallest absolute Gasteiger partial charge is 0.260 e. The molecule has 9 heteroatoms. The molecule has 0 spiro atoms. The van der Waals surface area contributed by atoms with Crippen LogP contribution in [-0.4, -0.2) is 41.2 Å². The molecule has 3 atom stereocenters. The third-order valence-electron chi connectivity index (χ3n) is 11.3. The number of hydrogen-bond donors (Lipinski definition) is 0. The zero-order valence-electron chi connectivity index (χ0n) is 32.4. The van der Waals surface area contributed by atoms with Gasteiger partial charge < -0.3 is 19.6 Å². The maximum atomic E-state index is 14.8. The number of rotatable bonds is 10. The van der Waals surface area contributed by atoms with Crippen LogP contribution < -0.4 is 19.6 Å². The van der Waals surface area contributed by atoms with Crippen molar-refractivity contribution in [2.45, 2.75) is 57.2 Å². The zero-order chi connectivity index (χ0) is 40.0. The molecule has 0 radical (unpaired) electrons. The van der Waals surface area contributed by atoms with Gasteiger partial charge in [-0.2, -0.15) is 0 Å². The van der Waals surface area contributed by atoms with E-state index in [2.05, 4.69) is 11.9 Å². The Morgan fingerprint density at radius 3 is 1.69 bits per heavy atom. The first-order chi connectivity index (χ1) is 28.4. The Labute approximate surface area is 339 Å². The highest BCUT2D eigenvalue weighted by atomic mass is 16.2. The molecule has 2 aliphatic heterocycles. The van der Waals surface area contributed by atoms with E-state index in [1.54, 1.807) is 29.4 Å². The normalized spacial score (nSPS) is 17.1. The number of pyridine rings is 1. The first-order valence-electron chi connectivity index (χ1n) is 20.0. The van der Waals surface area contributed by atoms with Crippen LogP contribution >= 0.6 is 0 Å². The molecule has 0 aliphatic carbocycles. The molecule has 4 amide bonds. The van der Waals surface area contributed by atoms with Crippen molar-refractivity contribution in [2.75, 3.05) is 26.1 Å². The Morgan fingerprint density at radius 2 is 1.10 bits per heavy atom. The number of fused-ring (bicyclic) bond motifs is 2. The molecular formula is C49H45N5O4. The van der Waals surface area contributed by atoms with Gasteiger partial charge in [0.25, 0.3) is 11.8 Å².